The number of ether oxygens (including phenoxy) is 2. The van der Waals surface area contributed by atoms with Gasteiger partial charge in [-0.3, -0.25) is 9.69 Å². The van der Waals surface area contributed by atoms with Crippen molar-refractivity contribution in [2.24, 2.45) is 0 Å². The molecular formula is C23H27Cl3N2O3. The van der Waals surface area contributed by atoms with Crippen LogP contribution in [0.2, 0.25) is 10.0 Å². The summed E-state index contributed by atoms with van der Waals surface area (Å²) in [5, 5.41) is 0.910. The highest BCUT2D eigenvalue weighted by molar-refractivity contribution is 6.38. The summed E-state index contributed by atoms with van der Waals surface area (Å²) in [6, 6.07) is 8.96. The minimum atomic E-state index is -0.132. The third kappa shape index (κ3) is 5.40. The number of carbonyl (C=O) groups is 1. The standard InChI is InChI=1S/C23H26Cl2N2O3.ClH/c1-29-20-7-6-18(14-21(20)30-11-10-26-8-4-2-3-5-9-26)27-15-16-12-17(24)13-19(25)22(16)23(27)28;/h6-7,12-14H,2-5,8-11,15H2,1H3;1H. The van der Waals surface area contributed by atoms with E-state index in [0.29, 0.717) is 40.3 Å². The molecule has 1 amide bonds. The first-order chi connectivity index (χ1) is 14.6. The minimum absolute atomic E-state index is 0. The van der Waals surface area contributed by atoms with Crippen molar-refractivity contribution in [1.29, 1.82) is 0 Å². The summed E-state index contributed by atoms with van der Waals surface area (Å²) in [5.41, 5.74) is 2.09. The summed E-state index contributed by atoms with van der Waals surface area (Å²) in [5.74, 6) is 1.16. The molecule has 0 radical (unpaired) electrons. The van der Waals surface area contributed by atoms with E-state index in [4.69, 9.17) is 32.7 Å². The Labute approximate surface area is 199 Å². The van der Waals surface area contributed by atoms with Crippen LogP contribution in [0.25, 0.3) is 0 Å². The third-order valence-corrected chi connectivity index (χ3v) is 6.26. The molecule has 0 atom stereocenters. The number of nitrogens with zero attached hydrogens (tertiary/aromatic N) is 2. The summed E-state index contributed by atoms with van der Waals surface area (Å²) in [7, 11) is 1.62. The van der Waals surface area contributed by atoms with Crippen molar-refractivity contribution in [2.45, 2.75) is 32.2 Å². The van der Waals surface area contributed by atoms with Gasteiger partial charge in [-0.1, -0.05) is 36.0 Å². The summed E-state index contributed by atoms with van der Waals surface area (Å²) < 4.78 is 11.5. The second kappa shape index (κ2) is 10.8. The van der Waals surface area contributed by atoms with Crippen molar-refractivity contribution in [1.82, 2.24) is 4.90 Å². The number of halogens is 3. The van der Waals surface area contributed by atoms with Gasteiger partial charge in [-0.25, -0.2) is 0 Å². The molecular weight excluding hydrogens is 459 g/mol. The molecule has 4 rings (SSSR count). The zero-order chi connectivity index (χ0) is 21.1. The van der Waals surface area contributed by atoms with Crippen LogP contribution in [0, 0.1) is 0 Å². The van der Waals surface area contributed by atoms with Gasteiger partial charge in [-0.05, 0) is 55.8 Å². The fourth-order valence-electron chi connectivity index (χ4n) is 4.17. The summed E-state index contributed by atoms with van der Waals surface area (Å²) in [6.07, 6.45) is 5.13. The first-order valence-corrected chi connectivity index (χ1v) is 11.2. The highest BCUT2D eigenvalue weighted by atomic mass is 35.5. The molecule has 1 fully saturated rings. The maximum absolute atomic E-state index is 13.0. The number of benzene rings is 2. The van der Waals surface area contributed by atoms with E-state index in [1.54, 1.807) is 24.1 Å². The topological polar surface area (TPSA) is 42.0 Å². The average molecular weight is 486 g/mol. The SMILES string of the molecule is COc1ccc(N2Cc3cc(Cl)cc(Cl)c3C2=O)cc1OCCN1CCCCCC1.Cl. The number of carbonyl (C=O) groups excluding carboxylic acids is 1. The number of amides is 1. The minimum Gasteiger partial charge on any atom is -0.493 e. The summed E-state index contributed by atoms with van der Waals surface area (Å²) >= 11 is 12.4. The van der Waals surface area contributed by atoms with Crippen LogP contribution in [0.3, 0.4) is 0 Å². The van der Waals surface area contributed by atoms with Crippen molar-refractivity contribution >= 4 is 47.2 Å². The highest BCUT2D eigenvalue weighted by Crippen LogP contribution is 2.38. The van der Waals surface area contributed by atoms with Gasteiger partial charge in [0.1, 0.15) is 6.61 Å². The maximum Gasteiger partial charge on any atom is 0.260 e. The fourth-order valence-corrected chi connectivity index (χ4v) is 4.78. The predicted molar refractivity (Wildman–Crippen MR) is 128 cm³/mol. The Balaban J connectivity index is 0.00000272. The second-order valence-electron chi connectivity index (χ2n) is 7.75. The van der Waals surface area contributed by atoms with Crippen LogP contribution in [-0.2, 0) is 6.54 Å². The van der Waals surface area contributed by atoms with Gasteiger partial charge in [0.05, 0.1) is 24.2 Å². The number of likely N-dealkylation sites (tertiary alicyclic amines) is 1. The molecule has 0 spiro atoms. The first-order valence-electron chi connectivity index (χ1n) is 10.4. The molecule has 168 valence electrons. The van der Waals surface area contributed by atoms with Crippen LogP contribution in [-0.4, -0.2) is 44.2 Å². The van der Waals surface area contributed by atoms with Gasteiger partial charge in [0.2, 0.25) is 0 Å². The van der Waals surface area contributed by atoms with Crippen LogP contribution >= 0.6 is 35.6 Å². The second-order valence-corrected chi connectivity index (χ2v) is 8.60. The Kier molecular flexibility index (Phi) is 8.34. The lowest BCUT2D eigenvalue weighted by Crippen LogP contribution is -2.29. The largest absolute Gasteiger partial charge is 0.493 e. The molecule has 5 nitrogen and oxygen atoms in total. The first kappa shape index (κ1) is 24.0. The molecule has 0 aromatic heterocycles. The smallest absolute Gasteiger partial charge is 0.260 e. The van der Waals surface area contributed by atoms with Gasteiger partial charge in [-0.15, -0.1) is 12.4 Å². The normalized spacial score (nSPS) is 16.5. The molecule has 8 heteroatoms. The van der Waals surface area contributed by atoms with E-state index in [0.717, 1.165) is 30.9 Å². The monoisotopic (exact) mass is 484 g/mol. The quantitative estimate of drug-likeness (QED) is 0.515. The van der Waals surface area contributed by atoms with Crippen molar-refractivity contribution < 1.29 is 14.3 Å². The lowest BCUT2D eigenvalue weighted by molar-refractivity contribution is 0.0996. The predicted octanol–water partition coefficient (Wildman–Crippen LogP) is 5.84. The lowest BCUT2D eigenvalue weighted by Gasteiger charge is -2.21. The Bertz CT molecular complexity index is 931. The number of anilines is 1. The van der Waals surface area contributed by atoms with Crippen molar-refractivity contribution in [2.75, 3.05) is 38.3 Å². The number of hydrogen-bond acceptors (Lipinski definition) is 4. The van der Waals surface area contributed by atoms with Gasteiger partial charge in [0.15, 0.2) is 11.5 Å². The fraction of sp³-hybridized carbons (Fsp3) is 0.435. The molecule has 2 heterocycles. The van der Waals surface area contributed by atoms with Crippen LogP contribution < -0.4 is 14.4 Å². The number of hydrogen-bond donors (Lipinski definition) is 0. The van der Waals surface area contributed by atoms with E-state index < -0.39 is 0 Å². The Morgan fingerprint density at radius 2 is 1.74 bits per heavy atom. The van der Waals surface area contributed by atoms with E-state index in [1.807, 2.05) is 18.2 Å². The molecule has 0 saturated carbocycles. The zero-order valence-electron chi connectivity index (χ0n) is 17.5. The van der Waals surface area contributed by atoms with E-state index >= 15 is 0 Å². The maximum atomic E-state index is 13.0. The molecule has 0 unspecified atom stereocenters. The van der Waals surface area contributed by atoms with Crippen LogP contribution in [0.15, 0.2) is 30.3 Å². The van der Waals surface area contributed by atoms with Crippen molar-refractivity contribution in [3.63, 3.8) is 0 Å². The van der Waals surface area contributed by atoms with Crippen LogP contribution in [0.5, 0.6) is 11.5 Å². The van der Waals surface area contributed by atoms with E-state index in [-0.39, 0.29) is 18.3 Å². The van der Waals surface area contributed by atoms with Crippen LogP contribution in [0.4, 0.5) is 5.69 Å². The molecule has 0 N–H and O–H groups in total. The number of methoxy groups -OCH3 is 1. The van der Waals surface area contributed by atoms with Gasteiger partial charge in [0, 0.05) is 23.3 Å². The lowest BCUT2D eigenvalue weighted by atomic mass is 10.1. The van der Waals surface area contributed by atoms with Gasteiger partial charge in [0.25, 0.3) is 5.91 Å². The van der Waals surface area contributed by atoms with Gasteiger partial charge in [-0.2, -0.15) is 0 Å². The molecule has 2 aliphatic rings. The van der Waals surface area contributed by atoms with Crippen LogP contribution in [0.1, 0.15) is 41.6 Å². The molecule has 0 bridgehead atoms. The zero-order valence-corrected chi connectivity index (χ0v) is 19.9. The van der Waals surface area contributed by atoms with E-state index in [1.165, 1.54) is 25.7 Å². The molecule has 2 aliphatic heterocycles. The average Bonchev–Trinajstić information content (AvgIpc) is 2.89. The van der Waals surface area contributed by atoms with Gasteiger partial charge < -0.3 is 14.4 Å². The molecule has 31 heavy (non-hydrogen) atoms. The van der Waals surface area contributed by atoms with Crippen molar-refractivity contribution in [3.05, 3.63) is 51.5 Å². The third-order valence-electron chi connectivity index (χ3n) is 5.75. The summed E-state index contributed by atoms with van der Waals surface area (Å²) in [6.45, 7) is 4.15. The molecule has 0 aliphatic carbocycles. The Morgan fingerprint density at radius 1 is 1.00 bits per heavy atom. The number of fused-ring (bicyclic) bond motifs is 1. The summed E-state index contributed by atoms with van der Waals surface area (Å²) in [4.78, 5) is 17.1. The Hall–Kier alpha value is -1.66. The Morgan fingerprint density at radius 3 is 2.45 bits per heavy atom. The highest BCUT2D eigenvalue weighted by Gasteiger charge is 2.31. The molecule has 2 aromatic rings. The number of rotatable bonds is 6. The van der Waals surface area contributed by atoms with E-state index in [9.17, 15) is 4.79 Å². The van der Waals surface area contributed by atoms with E-state index in [2.05, 4.69) is 4.90 Å². The van der Waals surface area contributed by atoms with Crippen molar-refractivity contribution in [3.8, 4) is 11.5 Å². The molecule has 2 aromatic carbocycles. The molecule has 1 saturated heterocycles. The van der Waals surface area contributed by atoms with Gasteiger partial charge >= 0.3 is 0 Å².